The van der Waals surface area contributed by atoms with Crippen molar-refractivity contribution in [2.24, 2.45) is 0 Å². The maximum atomic E-state index is 2.64. The molecule has 14 aromatic rings. The Morgan fingerprint density at radius 2 is 0.466 bits per heavy atom. The van der Waals surface area contributed by atoms with Gasteiger partial charge in [-0.3, -0.25) is 0 Å². The van der Waals surface area contributed by atoms with Gasteiger partial charge in [-0.05, 0) is 243 Å². The molecule has 0 amide bonds. The summed E-state index contributed by atoms with van der Waals surface area (Å²) in [5, 5.41) is 7.30. The highest BCUT2D eigenvalue weighted by Gasteiger charge is 2.45. The minimum absolute atomic E-state index is 0.0289. The van der Waals surface area contributed by atoms with Crippen LogP contribution < -0.4 is 9.80 Å². The Hall–Kier alpha value is -10.5. The SMILES string of the molecule is CCCCCCCC1(CCCCCCC)c2ccccc2-c2ccc(-c3ccc4c(c3)C(C)(C)c3cc(N(c5ccccc5)c5cc6c7ccccc7c(N(c7ccccc7)c7ccc8c(c7)C(C)(C)c7cc(-c9ccc%10c(c9)C(CCCCCCC)(CCCCCCC)c9ccccc9-%10)ccc7-8)cc6c6ccccc56)ccc3-4)cc21. The average molecular weight is 1520 g/mol. The zero-order chi connectivity index (χ0) is 79.1. The number of nitrogens with zero attached hydrogens (tertiary/aromatic N) is 2. The van der Waals surface area contributed by atoms with E-state index in [1.54, 1.807) is 22.3 Å². The molecule has 0 heterocycles. The molecule has 116 heavy (non-hydrogen) atoms. The Kier molecular flexibility index (Phi) is 21.5. The minimum atomic E-state index is -0.275. The predicted molar refractivity (Wildman–Crippen MR) is 500 cm³/mol. The molecule has 0 N–H and O–H groups in total. The van der Waals surface area contributed by atoms with Crippen LogP contribution in [0.5, 0.6) is 0 Å². The Balaban J connectivity index is 0.695. The highest BCUT2D eigenvalue weighted by Crippen LogP contribution is 2.60. The van der Waals surface area contributed by atoms with E-state index in [1.807, 2.05) is 0 Å². The second-order valence-electron chi connectivity index (χ2n) is 36.0. The summed E-state index contributed by atoms with van der Waals surface area (Å²) in [5.41, 5.74) is 34.5. The Labute approximate surface area is 693 Å². The van der Waals surface area contributed by atoms with E-state index in [-0.39, 0.29) is 21.7 Å². The molecule has 4 aliphatic carbocycles. The first-order chi connectivity index (χ1) is 56.9. The maximum absolute atomic E-state index is 2.64. The first-order valence-corrected chi connectivity index (χ1v) is 45.0. The number of anilines is 6. The van der Waals surface area contributed by atoms with Crippen molar-refractivity contribution in [1.82, 2.24) is 0 Å². The smallest absolute Gasteiger partial charge is 0.0546 e. The molecular weight excluding hydrogens is 1400 g/mol. The largest absolute Gasteiger partial charge is 0.310 e. The van der Waals surface area contributed by atoms with Gasteiger partial charge in [0.1, 0.15) is 0 Å². The third-order valence-corrected chi connectivity index (χ3v) is 28.2. The van der Waals surface area contributed by atoms with Crippen molar-refractivity contribution in [2.75, 3.05) is 9.80 Å². The van der Waals surface area contributed by atoms with Crippen LogP contribution in [0, 0.1) is 0 Å². The third kappa shape index (κ3) is 13.5. The number of hydrogen-bond acceptors (Lipinski definition) is 2. The number of benzene rings is 14. The standard InChI is InChI=1S/C114H118N2/c1-9-13-17-21-39-67-113(68-40-22-18-14-10-2)101-53-37-35-49-89(101)95-63-57-81(73-107(95)113)79-55-61-91-93-65-59-85(75-105(93)111(5,6)103(91)71-79)115(83-43-27-25-28-44-83)109-77-99-88-48-32-34-52-98(88)110(78-100(99)87-47-31-33-51-97(87)109)116(84-45-29-26-30-46-84)86-60-66-94-92-62-56-80(72-104(92)112(7,8)106(94)76-86)82-58-64-96-90-50-36-38-54-102(90)114(108(96)74-82,69-41-23-19-15-11-3)70-42-24-20-16-12-4/h25-38,43-66,71-78H,9-24,39-42,67-70H2,1-8H3. The van der Waals surface area contributed by atoms with E-state index in [0.29, 0.717) is 0 Å². The van der Waals surface area contributed by atoms with E-state index >= 15 is 0 Å². The van der Waals surface area contributed by atoms with Crippen molar-refractivity contribution >= 4 is 66.4 Å². The van der Waals surface area contributed by atoms with Crippen LogP contribution in [-0.4, -0.2) is 0 Å². The highest BCUT2D eigenvalue weighted by atomic mass is 15.2. The van der Waals surface area contributed by atoms with Gasteiger partial charge in [-0.2, -0.15) is 0 Å². The first-order valence-electron chi connectivity index (χ1n) is 45.0. The summed E-state index contributed by atoms with van der Waals surface area (Å²) in [5.74, 6) is 0. The van der Waals surface area contributed by atoms with Crippen LogP contribution >= 0.6 is 0 Å². The molecule has 0 aromatic heterocycles. The van der Waals surface area contributed by atoms with Crippen LogP contribution in [-0.2, 0) is 21.7 Å². The zero-order valence-corrected chi connectivity index (χ0v) is 70.4. The van der Waals surface area contributed by atoms with Crippen molar-refractivity contribution in [1.29, 1.82) is 0 Å². The molecule has 0 spiro atoms. The number of fused-ring (bicyclic) bond motifs is 17. The summed E-state index contributed by atoms with van der Waals surface area (Å²) >= 11 is 0. The Morgan fingerprint density at radius 3 is 0.810 bits per heavy atom. The number of unbranched alkanes of at least 4 members (excludes halogenated alkanes) is 16. The van der Waals surface area contributed by atoms with E-state index in [9.17, 15) is 0 Å². The van der Waals surface area contributed by atoms with Crippen molar-refractivity contribution in [3.05, 3.63) is 324 Å². The molecule has 0 atom stereocenters. The zero-order valence-electron chi connectivity index (χ0n) is 70.4. The highest BCUT2D eigenvalue weighted by molar-refractivity contribution is 6.25. The number of para-hydroxylation sites is 2. The molecule has 0 fully saturated rings. The van der Waals surface area contributed by atoms with Gasteiger partial charge in [-0.15, -0.1) is 0 Å². The second-order valence-corrected chi connectivity index (χ2v) is 36.0. The fraction of sp³-hybridized carbons (Fsp3) is 0.316. The molecule has 0 saturated carbocycles. The molecule has 2 nitrogen and oxygen atoms in total. The van der Waals surface area contributed by atoms with Crippen LogP contribution in [0.1, 0.15) is 254 Å². The molecule has 0 bridgehead atoms. The van der Waals surface area contributed by atoms with Gasteiger partial charge in [0.05, 0.1) is 11.4 Å². The van der Waals surface area contributed by atoms with Crippen molar-refractivity contribution in [3.8, 4) is 66.8 Å². The lowest BCUT2D eigenvalue weighted by Gasteiger charge is -2.33. The van der Waals surface area contributed by atoms with Crippen LogP contribution in [0.2, 0.25) is 0 Å². The quantitative estimate of drug-likeness (QED) is 0.0306. The fourth-order valence-corrected chi connectivity index (χ4v) is 22.1. The van der Waals surface area contributed by atoms with E-state index in [4.69, 9.17) is 0 Å². The van der Waals surface area contributed by atoms with Gasteiger partial charge >= 0.3 is 0 Å². The molecule has 0 aliphatic heterocycles. The van der Waals surface area contributed by atoms with E-state index in [2.05, 4.69) is 344 Å². The van der Waals surface area contributed by atoms with Gasteiger partial charge in [0.2, 0.25) is 0 Å². The summed E-state index contributed by atoms with van der Waals surface area (Å²) in [7, 11) is 0. The summed E-state index contributed by atoms with van der Waals surface area (Å²) in [4.78, 5) is 5.09. The summed E-state index contributed by atoms with van der Waals surface area (Å²) in [6.07, 6.45) is 30.9. The van der Waals surface area contributed by atoms with Crippen molar-refractivity contribution < 1.29 is 0 Å². The maximum Gasteiger partial charge on any atom is 0.0546 e. The monoisotopic (exact) mass is 1510 g/mol. The van der Waals surface area contributed by atoms with Crippen molar-refractivity contribution in [2.45, 2.75) is 231 Å². The summed E-state index contributed by atoms with van der Waals surface area (Å²) in [6.45, 7) is 19.2. The van der Waals surface area contributed by atoms with E-state index in [1.165, 1.54) is 275 Å². The van der Waals surface area contributed by atoms with Crippen LogP contribution in [0.25, 0.3) is 99.1 Å². The van der Waals surface area contributed by atoms with Gasteiger partial charge in [-0.25, -0.2) is 0 Å². The summed E-state index contributed by atoms with van der Waals surface area (Å²) in [6, 6.07) is 109. The van der Waals surface area contributed by atoms with Gasteiger partial charge in [0.15, 0.2) is 0 Å². The van der Waals surface area contributed by atoms with Crippen LogP contribution in [0.4, 0.5) is 34.1 Å². The van der Waals surface area contributed by atoms with Gasteiger partial charge in [0, 0.05) is 55.2 Å². The predicted octanol–water partition coefficient (Wildman–Crippen LogP) is 34.0. The van der Waals surface area contributed by atoms with E-state index in [0.717, 1.165) is 34.1 Å². The Morgan fingerprint density at radius 1 is 0.198 bits per heavy atom. The van der Waals surface area contributed by atoms with Gasteiger partial charge in [-0.1, -0.05) is 378 Å². The fourth-order valence-electron chi connectivity index (χ4n) is 22.1. The third-order valence-electron chi connectivity index (χ3n) is 28.2. The minimum Gasteiger partial charge on any atom is -0.310 e. The molecule has 18 rings (SSSR count). The average Bonchev–Trinajstić information content (AvgIpc) is 1.40. The molecule has 584 valence electrons. The van der Waals surface area contributed by atoms with Gasteiger partial charge < -0.3 is 9.80 Å². The number of rotatable bonds is 32. The summed E-state index contributed by atoms with van der Waals surface area (Å²) < 4.78 is 0. The lowest BCUT2D eigenvalue weighted by molar-refractivity contribution is 0.399. The first kappa shape index (κ1) is 76.7. The molecule has 0 radical (unpaired) electrons. The van der Waals surface area contributed by atoms with Crippen LogP contribution in [0.3, 0.4) is 0 Å². The van der Waals surface area contributed by atoms with E-state index < -0.39 is 0 Å². The lowest BCUT2D eigenvalue weighted by Crippen LogP contribution is -2.25. The molecule has 2 heteroatoms. The topological polar surface area (TPSA) is 6.48 Å². The molecule has 0 saturated heterocycles. The lowest BCUT2D eigenvalue weighted by atomic mass is 9.70. The van der Waals surface area contributed by atoms with Crippen LogP contribution in [0.15, 0.2) is 279 Å². The molecular formula is C114H118N2. The molecule has 0 unspecified atom stereocenters. The van der Waals surface area contributed by atoms with Crippen molar-refractivity contribution in [3.63, 3.8) is 0 Å². The number of hydrogen-bond donors (Lipinski definition) is 0. The molecule has 4 aliphatic rings. The van der Waals surface area contributed by atoms with Gasteiger partial charge in [0.25, 0.3) is 0 Å². The normalized spacial score (nSPS) is 14.4. The second kappa shape index (κ2) is 32.5. The molecule has 14 aromatic carbocycles. The Bertz CT molecular complexity index is 5550.